The summed E-state index contributed by atoms with van der Waals surface area (Å²) in [5, 5.41) is 3.47. The summed E-state index contributed by atoms with van der Waals surface area (Å²) in [4.78, 5) is 0. The molecule has 0 saturated carbocycles. The Bertz CT molecular complexity index is 121. The van der Waals surface area contributed by atoms with Crippen LogP contribution >= 0.6 is 0 Å². The first-order chi connectivity index (χ1) is 6.45. The Balaban J connectivity index is 1.69. The van der Waals surface area contributed by atoms with E-state index in [1.807, 2.05) is 0 Å². The van der Waals surface area contributed by atoms with Crippen LogP contribution in [-0.2, 0) is 4.74 Å². The van der Waals surface area contributed by atoms with E-state index in [0.717, 1.165) is 12.5 Å². The maximum atomic E-state index is 5.75. The van der Waals surface area contributed by atoms with Crippen LogP contribution < -0.4 is 5.32 Å². The molecule has 2 heterocycles. The van der Waals surface area contributed by atoms with Crippen molar-refractivity contribution in [3.8, 4) is 0 Å². The second-order valence-electron chi connectivity index (χ2n) is 4.44. The third kappa shape index (κ3) is 2.96. The summed E-state index contributed by atoms with van der Waals surface area (Å²) in [6.07, 6.45) is 8.61. The lowest BCUT2D eigenvalue weighted by molar-refractivity contribution is -0.000470. The van der Waals surface area contributed by atoms with Crippen LogP contribution in [0.2, 0.25) is 0 Å². The lowest BCUT2D eigenvalue weighted by Crippen LogP contribution is -2.33. The molecule has 0 aromatic rings. The van der Waals surface area contributed by atoms with Gasteiger partial charge in [0.25, 0.3) is 0 Å². The van der Waals surface area contributed by atoms with Crippen molar-refractivity contribution in [3.05, 3.63) is 0 Å². The van der Waals surface area contributed by atoms with Crippen LogP contribution in [0.25, 0.3) is 0 Å². The summed E-state index contributed by atoms with van der Waals surface area (Å²) in [6.45, 7) is 3.45. The van der Waals surface area contributed by atoms with Gasteiger partial charge in [0.05, 0.1) is 6.10 Å². The van der Waals surface area contributed by atoms with E-state index >= 15 is 0 Å². The lowest BCUT2D eigenvalue weighted by atomic mass is 9.91. The summed E-state index contributed by atoms with van der Waals surface area (Å²) < 4.78 is 5.75. The molecule has 0 aromatic carbocycles. The minimum Gasteiger partial charge on any atom is -0.378 e. The molecule has 1 N–H and O–H groups in total. The molecule has 2 aliphatic heterocycles. The highest BCUT2D eigenvalue weighted by Gasteiger charge is 2.20. The number of piperidine rings is 1. The molecule has 0 amide bonds. The zero-order chi connectivity index (χ0) is 8.93. The van der Waals surface area contributed by atoms with Crippen molar-refractivity contribution < 1.29 is 4.74 Å². The lowest BCUT2D eigenvalue weighted by Gasteiger charge is -2.29. The van der Waals surface area contributed by atoms with Gasteiger partial charge in [-0.15, -0.1) is 0 Å². The van der Waals surface area contributed by atoms with Crippen molar-refractivity contribution in [3.63, 3.8) is 0 Å². The molecule has 2 heteroatoms. The fourth-order valence-electron chi connectivity index (χ4n) is 2.49. The van der Waals surface area contributed by atoms with Gasteiger partial charge in [-0.05, 0) is 57.5 Å². The van der Waals surface area contributed by atoms with Crippen LogP contribution in [-0.4, -0.2) is 25.8 Å². The molecule has 13 heavy (non-hydrogen) atoms. The Morgan fingerprint density at radius 3 is 2.85 bits per heavy atom. The average Bonchev–Trinajstić information content (AvgIpc) is 2.21. The van der Waals surface area contributed by atoms with E-state index in [1.54, 1.807) is 0 Å². The number of nitrogens with one attached hydrogen (secondary N) is 1. The minimum absolute atomic E-state index is 0.582. The van der Waals surface area contributed by atoms with E-state index in [2.05, 4.69) is 5.32 Å². The highest BCUT2D eigenvalue weighted by Crippen LogP contribution is 2.23. The minimum atomic E-state index is 0.582. The van der Waals surface area contributed by atoms with E-state index in [-0.39, 0.29) is 0 Å². The summed E-state index contributed by atoms with van der Waals surface area (Å²) in [7, 11) is 0. The van der Waals surface area contributed by atoms with Crippen molar-refractivity contribution in [2.24, 2.45) is 5.92 Å². The maximum Gasteiger partial charge on any atom is 0.0578 e. The Labute approximate surface area is 81.0 Å². The summed E-state index contributed by atoms with van der Waals surface area (Å²) in [5.74, 6) is 0.886. The van der Waals surface area contributed by atoms with Crippen molar-refractivity contribution in [2.45, 2.75) is 44.6 Å². The first-order valence-corrected chi connectivity index (χ1v) is 5.77. The molecule has 2 saturated heterocycles. The van der Waals surface area contributed by atoms with Crippen LogP contribution in [0.5, 0.6) is 0 Å². The Morgan fingerprint density at radius 2 is 2.15 bits per heavy atom. The quantitative estimate of drug-likeness (QED) is 0.706. The van der Waals surface area contributed by atoms with Gasteiger partial charge in [-0.2, -0.15) is 0 Å². The van der Waals surface area contributed by atoms with Gasteiger partial charge < -0.3 is 10.1 Å². The Hall–Kier alpha value is -0.0800. The predicted octanol–water partition coefficient (Wildman–Crippen LogP) is 1.95. The summed E-state index contributed by atoms with van der Waals surface area (Å²) in [5.41, 5.74) is 0. The number of ether oxygens (including phenoxy) is 1. The van der Waals surface area contributed by atoms with Gasteiger partial charge in [0.1, 0.15) is 0 Å². The fourth-order valence-corrected chi connectivity index (χ4v) is 2.49. The largest absolute Gasteiger partial charge is 0.378 e. The van der Waals surface area contributed by atoms with Gasteiger partial charge in [-0.1, -0.05) is 0 Å². The zero-order valence-electron chi connectivity index (χ0n) is 8.43. The van der Waals surface area contributed by atoms with Crippen LogP contribution in [0.1, 0.15) is 38.5 Å². The van der Waals surface area contributed by atoms with Crippen LogP contribution in [0.4, 0.5) is 0 Å². The second kappa shape index (κ2) is 4.97. The van der Waals surface area contributed by atoms with Gasteiger partial charge >= 0.3 is 0 Å². The third-order valence-electron chi connectivity index (χ3n) is 3.27. The van der Waals surface area contributed by atoms with Gasteiger partial charge in [0.2, 0.25) is 0 Å². The van der Waals surface area contributed by atoms with Crippen molar-refractivity contribution in [1.29, 1.82) is 0 Å². The molecule has 2 rings (SSSR count). The van der Waals surface area contributed by atoms with Gasteiger partial charge in [-0.25, -0.2) is 0 Å². The Morgan fingerprint density at radius 1 is 1.15 bits per heavy atom. The molecular formula is C11H21NO. The topological polar surface area (TPSA) is 21.3 Å². The molecule has 2 atom stereocenters. The smallest absolute Gasteiger partial charge is 0.0578 e. The fraction of sp³-hybridized carbons (Fsp3) is 1.00. The SMILES string of the molecule is C1CCC(CC2CCCNC2)OC1. The van der Waals surface area contributed by atoms with E-state index in [4.69, 9.17) is 4.74 Å². The molecular weight excluding hydrogens is 162 g/mol. The van der Waals surface area contributed by atoms with Gasteiger partial charge in [0, 0.05) is 6.61 Å². The molecule has 2 unspecified atom stereocenters. The highest BCUT2D eigenvalue weighted by atomic mass is 16.5. The van der Waals surface area contributed by atoms with Crippen LogP contribution in [0.15, 0.2) is 0 Å². The van der Waals surface area contributed by atoms with Crippen molar-refractivity contribution in [2.75, 3.05) is 19.7 Å². The second-order valence-corrected chi connectivity index (χ2v) is 4.44. The first kappa shape index (κ1) is 9.47. The summed E-state index contributed by atoms with van der Waals surface area (Å²) >= 11 is 0. The van der Waals surface area contributed by atoms with Crippen LogP contribution in [0, 0.1) is 5.92 Å². The molecule has 2 fully saturated rings. The zero-order valence-corrected chi connectivity index (χ0v) is 8.43. The first-order valence-electron chi connectivity index (χ1n) is 5.77. The van der Waals surface area contributed by atoms with E-state index in [9.17, 15) is 0 Å². The highest BCUT2D eigenvalue weighted by molar-refractivity contribution is 4.74. The normalized spacial score (nSPS) is 36.0. The number of hydrogen-bond acceptors (Lipinski definition) is 2. The van der Waals surface area contributed by atoms with Gasteiger partial charge in [-0.3, -0.25) is 0 Å². The molecule has 2 nitrogen and oxygen atoms in total. The molecule has 0 aliphatic carbocycles. The van der Waals surface area contributed by atoms with Gasteiger partial charge in [0.15, 0.2) is 0 Å². The number of rotatable bonds is 2. The molecule has 2 aliphatic rings. The van der Waals surface area contributed by atoms with Crippen molar-refractivity contribution >= 4 is 0 Å². The standard InChI is InChI=1S/C11H21NO/c1-2-7-13-11(5-1)8-10-4-3-6-12-9-10/h10-12H,1-9H2. The van der Waals surface area contributed by atoms with E-state index in [0.29, 0.717) is 6.10 Å². The summed E-state index contributed by atoms with van der Waals surface area (Å²) in [6, 6.07) is 0. The molecule has 0 radical (unpaired) electrons. The monoisotopic (exact) mass is 183 g/mol. The Kier molecular flexibility index (Phi) is 3.62. The molecule has 0 spiro atoms. The third-order valence-corrected chi connectivity index (χ3v) is 3.27. The van der Waals surface area contributed by atoms with Crippen molar-refractivity contribution in [1.82, 2.24) is 5.32 Å². The van der Waals surface area contributed by atoms with E-state index < -0.39 is 0 Å². The van der Waals surface area contributed by atoms with E-state index in [1.165, 1.54) is 51.6 Å². The molecule has 0 bridgehead atoms. The maximum absolute atomic E-state index is 5.75. The van der Waals surface area contributed by atoms with Crippen LogP contribution in [0.3, 0.4) is 0 Å². The molecule has 76 valence electrons. The predicted molar refractivity (Wildman–Crippen MR) is 53.8 cm³/mol. The number of hydrogen-bond donors (Lipinski definition) is 1. The average molecular weight is 183 g/mol. The molecule has 0 aromatic heterocycles.